The Kier molecular flexibility index (Phi) is 4.58. The van der Waals surface area contributed by atoms with Crippen molar-refractivity contribution >= 4 is 50.1 Å². The molecule has 4 rings (SSSR count). The lowest BCUT2D eigenvalue weighted by Crippen LogP contribution is -2.44. The zero-order valence-corrected chi connectivity index (χ0v) is 15.9. The third kappa shape index (κ3) is 3.05. The fraction of sp³-hybridized carbons (Fsp3) is 0.412. The van der Waals surface area contributed by atoms with Crippen LogP contribution in [0.5, 0.6) is 0 Å². The monoisotopic (exact) mass is 389 g/mol. The number of likely N-dealkylation sites (tertiary alicyclic amines) is 1. The number of fused-ring (bicyclic) bond motifs is 3. The van der Waals surface area contributed by atoms with Gasteiger partial charge in [0.25, 0.3) is 0 Å². The second-order valence-corrected chi connectivity index (χ2v) is 8.75. The second kappa shape index (κ2) is 6.88. The van der Waals surface area contributed by atoms with Gasteiger partial charge in [0.05, 0.1) is 15.5 Å². The first kappa shape index (κ1) is 17.3. The van der Waals surface area contributed by atoms with E-state index in [9.17, 15) is 9.59 Å². The van der Waals surface area contributed by atoms with Gasteiger partial charge >= 0.3 is 0 Å². The lowest BCUT2D eigenvalue weighted by molar-refractivity contribution is -0.134. The molecule has 3 aromatic rings. The Balaban J connectivity index is 1.50. The number of amides is 2. The Labute approximate surface area is 158 Å². The smallest absolute Gasteiger partial charge is 0.235 e. The van der Waals surface area contributed by atoms with E-state index in [0.717, 1.165) is 20.3 Å². The summed E-state index contributed by atoms with van der Waals surface area (Å²) in [4.78, 5) is 26.7. The molecule has 9 heteroatoms. The average molecular weight is 390 g/mol. The van der Waals surface area contributed by atoms with Crippen LogP contribution >= 0.6 is 23.1 Å². The molecule has 1 aliphatic rings. The van der Waals surface area contributed by atoms with Crippen molar-refractivity contribution in [1.82, 2.24) is 19.5 Å². The highest BCUT2D eigenvalue weighted by atomic mass is 32.2. The number of carbonyl (C=O) groups is 2. The molecule has 1 unspecified atom stereocenters. The number of hydrogen-bond acceptors (Lipinski definition) is 6. The van der Waals surface area contributed by atoms with Gasteiger partial charge in [0.2, 0.25) is 16.8 Å². The van der Waals surface area contributed by atoms with Gasteiger partial charge in [0, 0.05) is 19.0 Å². The number of para-hydroxylation sites is 1. The molecule has 0 spiro atoms. The van der Waals surface area contributed by atoms with Crippen LogP contribution in [0, 0.1) is 5.92 Å². The molecule has 0 radical (unpaired) electrons. The van der Waals surface area contributed by atoms with E-state index in [1.807, 2.05) is 34.4 Å². The Bertz CT molecular complexity index is 974. The number of piperidine rings is 1. The highest BCUT2D eigenvalue weighted by Crippen LogP contribution is 2.31. The third-order valence-corrected chi connectivity index (χ3v) is 6.79. The fourth-order valence-electron chi connectivity index (χ4n) is 3.28. The highest BCUT2D eigenvalue weighted by molar-refractivity contribution is 8.00. The van der Waals surface area contributed by atoms with Crippen molar-refractivity contribution in [1.29, 1.82) is 0 Å². The third-order valence-electron chi connectivity index (χ3n) is 4.75. The lowest BCUT2D eigenvalue weighted by Gasteiger charge is -2.32. The van der Waals surface area contributed by atoms with E-state index in [1.54, 1.807) is 11.3 Å². The molecule has 1 aromatic carbocycles. The number of thiazole rings is 1. The minimum absolute atomic E-state index is 0.0641. The van der Waals surface area contributed by atoms with Crippen molar-refractivity contribution in [3.8, 4) is 0 Å². The van der Waals surface area contributed by atoms with Gasteiger partial charge in [0.1, 0.15) is 0 Å². The molecule has 0 aliphatic carbocycles. The first-order valence-electron chi connectivity index (χ1n) is 8.52. The molecule has 1 saturated heterocycles. The van der Waals surface area contributed by atoms with E-state index in [0.29, 0.717) is 25.9 Å². The van der Waals surface area contributed by atoms with Crippen LogP contribution in [-0.4, -0.2) is 49.7 Å². The van der Waals surface area contributed by atoms with Crippen molar-refractivity contribution in [3.63, 3.8) is 0 Å². The Hall–Kier alpha value is -2.13. The Morgan fingerprint density at radius 3 is 2.73 bits per heavy atom. The maximum Gasteiger partial charge on any atom is 0.235 e. The van der Waals surface area contributed by atoms with E-state index in [-0.39, 0.29) is 23.0 Å². The molecular formula is C17H19N5O2S2. The predicted octanol–water partition coefficient (Wildman–Crippen LogP) is 2.15. The van der Waals surface area contributed by atoms with Gasteiger partial charge in [-0.05, 0) is 31.9 Å². The molecule has 7 nitrogen and oxygen atoms in total. The molecule has 2 amide bonds. The van der Waals surface area contributed by atoms with Crippen LogP contribution in [0.15, 0.2) is 29.4 Å². The number of thioether (sulfide) groups is 1. The Morgan fingerprint density at radius 1 is 1.27 bits per heavy atom. The van der Waals surface area contributed by atoms with Crippen LogP contribution in [0.25, 0.3) is 15.2 Å². The number of hydrogen-bond donors (Lipinski definition) is 1. The van der Waals surface area contributed by atoms with Crippen LogP contribution in [0.1, 0.15) is 19.8 Å². The maximum atomic E-state index is 12.8. The molecule has 1 fully saturated rings. The summed E-state index contributed by atoms with van der Waals surface area (Å²) >= 11 is 3.01. The van der Waals surface area contributed by atoms with E-state index in [1.165, 1.54) is 11.8 Å². The van der Waals surface area contributed by atoms with Gasteiger partial charge in [-0.3, -0.25) is 14.0 Å². The van der Waals surface area contributed by atoms with Gasteiger partial charge in [0.15, 0.2) is 5.16 Å². The van der Waals surface area contributed by atoms with Gasteiger partial charge in [-0.25, -0.2) is 0 Å². The number of nitrogens with zero attached hydrogens (tertiary/aromatic N) is 4. The molecule has 3 heterocycles. The summed E-state index contributed by atoms with van der Waals surface area (Å²) < 4.78 is 3.15. The number of carbonyl (C=O) groups excluding carboxylic acids is 2. The molecule has 0 bridgehead atoms. The number of primary amides is 1. The van der Waals surface area contributed by atoms with Crippen molar-refractivity contribution in [2.45, 2.75) is 30.2 Å². The Morgan fingerprint density at radius 2 is 2.00 bits per heavy atom. The summed E-state index contributed by atoms with van der Waals surface area (Å²) in [5.74, 6) is -0.320. The minimum atomic E-state index is -0.272. The summed E-state index contributed by atoms with van der Waals surface area (Å²) in [6.07, 6.45) is 1.28. The highest BCUT2D eigenvalue weighted by Gasteiger charge is 2.29. The van der Waals surface area contributed by atoms with Gasteiger partial charge < -0.3 is 10.6 Å². The molecule has 1 aliphatic heterocycles. The molecule has 1 atom stereocenters. The summed E-state index contributed by atoms with van der Waals surface area (Å²) in [5.41, 5.74) is 6.42. The number of aromatic nitrogens is 3. The normalized spacial score (nSPS) is 17.0. The molecule has 2 aromatic heterocycles. The van der Waals surface area contributed by atoms with Crippen LogP contribution < -0.4 is 5.73 Å². The quantitative estimate of drug-likeness (QED) is 0.690. The zero-order chi connectivity index (χ0) is 18.3. The second-order valence-electron chi connectivity index (χ2n) is 6.43. The molecule has 26 heavy (non-hydrogen) atoms. The maximum absolute atomic E-state index is 12.8. The van der Waals surface area contributed by atoms with Crippen LogP contribution in [-0.2, 0) is 9.59 Å². The zero-order valence-electron chi connectivity index (χ0n) is 14.3. The fourth-order valence-corrected chi connectivity index (χ4v) is 5.25. The first-order chi connectivity index (χ1) is 12.5. The van der Waals surface area contributed by atoms with Crippen molar-refractivity contribution in [2.24, 2.45) is 11.7 Å². The average Bonchev–Trinajstić information content (AvgIpc) is 3.21. The molecular weight excluding hydrogens is 370 g/mol. The van der Waals surface area contributed by atoms with Crippen LogP contribution in [0.4, 0.5) is 0 Å². The minimum Gasteiger partial charge on any atom is -0.369 e. The van der Waals surface area contributed by atoms with Crippen LogP contribution in [0.2, 0.25) is 0 Å². The van der Waals surface area contributed by atoms with Crippen molar-refractivity contribution in [3.05, 3.63) is 24.3 Å². The standard InChI is InChI=1S/C17H19N5O2S2/c1-10(15(24)21-8-6-11(7-9-21)14(18)23)25-16-19-20-17-22(16)12-4-2-3-5-13(12)26-17/h2-5,10-11H,6-9H2,1H3,(H2,18,23). The topological polar surface area (TPSA) is 93.6 Å². The SMILES string of the molecule is CC(Sc1nnc2sc3ccccc3n12)C(=O)N1CCC(C(N)=O)CC1. The first-order valence-corrected chi connectivity index (χ1v) is 10.2. The van der Waals surface area contributed by atoms with Crippen molar-refractivity contribution < 1.29 is 9.59 Å². The number of rotatable bonds is 4. The molecule has 2 N–H and O–H groups in total. The van der Waals surface area contributed by atoms with E-state index < -0.39 is 0 Å². The number of nitrogens with two attached hydrogens (primary N) is 1. The van der Waals surface area contributed by atoms with Gasteiger partial charge in [-0.1, -0.05) is 35.2 Å². The van der Waals surface area contributed by atoms with Crippen molar-refractivity contribution in [2.75, 3.05) is 13.1 Å². The summed E-state index contributed by atoms with van der Waals surface area (Å²) in [5, 5.41) is 8.96. The summed E-state index contributed by atoms with van der Waals surface area (Å²) in [7, 11) is 0. The molecule has 0 saturated carbocycles. The largest absolute Gasteiger partial charge is 0.369 e. The summed E-state index contributed by atoms with van der Waals surface area (Å²) in [6.45, 7) is 3.05. The van der Waals surface area contributed by atoms with E-state index >= 15 is 0 Å². The number of benzene rings is 1. The van der Waals surface area contributed by atoms with E-state index in [4.69, 9.17) is 5.73 Å². The van der Waals surface area contributed by atoms with Crippen LogP contribution in [0.3, 0.4) is 0 Å². The van der Waals surface area contributed by atoms with Gasteiger partial charge in [-0.2, -0.15) is 0 Å². The van der Waals surface area contributed by atoms with E-state index in [2.05, 4.69) is 16.3 Å². The molecule has 136 valence electrons. The predicted molar refractivity (Wildman–Crippen MR) is 102 cm³/mol. The van der Waals surface area contributed by atoms with Gasteiger partial charge in [-0.15, -0.1) is 10.2 Å². The lowest BCUT2D eigenvalue weighted by atomic mass is 9.96. The summed E-state index contributed by atoms with van der Waals surface area (Å²) in [6, 6.07) is 8.08.